The van der Waals surface area contributed by atoms with E-state index in [-0.39, 0.29) is 5.91 Å². The van der Waals surface area contributed by atoms with E-state index in [9.17, 15) is 4.79 Å². The lowest BCUT2D eigenvalue weighted by molar-refractivity contribution is -0.126. The lowest BCUT2D eigenvalue weighted by Gasteiger charge is -2.21. The Hall–Kier alpha value is -2.35. The predicted molar refractivity (Wildman–Crippen MR) is 82.2 cm³/mol. The van der Waals surface area contributed by atoms with Gasteiger partial charge in [0.1, 0.15) is 0 Å². The number of hydrogen-bond donors (Lipinski definition) is 0. The van der Waals surface area contributed by atoms with Gasteiger partial charge in [-0.25, -0.2) is 0 Å². The van der Waals surface area contributed by atoms with Gasteiger partial charge in [-0.05, 0) is 23.6 Å². The fourth-order valence-electron chi connectivity index (χ4n) is 2.11. The summed E-state index contributed by atoms with van der Waals surface area (Å²) in [6.07, 6.45) is 2.24. The Bertz CT molecular complexity index is 548. The first-order valence-electron chi connectivity index (χ1n) is 6.79. The lowest BCUT2D eigenvalue weighted by Crippen LogP contribution is -2.30. The van der Waals surface area contributed by atoms with Gasteiger partial charge in [0.15, 0.2) is 0 Å². The first kappa shape index (κ1) is 14.1. The van der Waals surface area contributed by atoms with Gasteiger partial charge in [0.2, 0.25) is 5.91 Å². The maximum absolute atomic E-state index is 11.9. The molecule has 0 saturated heterocycles. The third kappa shape index (κ3) is 4.09. The van der Waals surface area contributed by atoms with E-state index in [1.54, 1.807) is 0 Å². The van der Waals surface area contributed by atoms with Crippen LogP contribution in [0.2, 0.25) is 0 Å². The first-order chi connectivity index (χ1) is 9.79. The highest BCUT2D eigenvalue weighted by atomic mass is 16.2. The molecule has 102 valence electrons. The molecule has 0 heterocycles. The van der Waals surface area contributed by atoms with Gasteiger partial charge in [0.05, 0.1) is 0 Å². The quantitative estimate of drug-likeness (QED) is 0.733. The average Bonchev–Trinajstić information content (AvgIpc) is 2.52. The molecule has 0 N–H and O–H groups in total. The number of carbonyl (C=O) groups is 1. The van der Waals surface area contributed by atoms with Gasteiger partial charge in [-0.3, -0.25) is 4.79 Å². The van der Waals surface area contributed by atoms with Gasteiger partial charge in [-0.2, -0.15) is 0 Å². The molecule has 2 aromatic carbocycles. The molecule has 0 aromatic heterocycles. The molecule has 0 atom stereocenters. The summed E-state index contributed by atoms with van der Waals surface area (Å²) in [5.41, 5.74) is 2.37. The topological polar surface area (TPSA) is 20.3 Å². The van der Waals surface area contributed by atoms with Crippen molar-refractivity contribution >= 4 is 5.91 Å². The fraction of sp³-hybridized carbons (Fsp3) is 0.167. The van der Waals surface area contributed by atoms with Crippen LogP contribution in [-0.4, -0.2) is 17.4 Å². The van der Waals surface area contributed by atoms with E-state index in [1.165, 1.54) is 11.6 Å². The molecule has 0 aliphatic heterocycles. The lowest BCUT2D eigenvalue weighted by atomic mass is 10.1. The molecule has 0 unspecified atom stereocenters. The Morgan fingerprint density at radius 2 is 1.50 bits per heavy atom. The zero-order valence-corrected chi connectivity index (χ0v) is 11.5. The minimum atomic E-state index is -0.0233. The van der Waals surface area contributed by atoms with E-state index < -0.39 is 0 Å². The fourth-order valence-corrected chi connectivity index (χ4v) is 2.11. The van der Waals surface area contributed by atoms with Crippen LogP contribution in [0.1, 0.15) is 11.1 Å². The third-order valence-corrected chi connectivity index (χ3v) is 3.22. The monoisotopic (exact) mass is 265 g/mol. The van der Waals surface area contributed by atoms with Crippen molar-refractivity contribution < 1.29 is 4.79 Å². The summed E-state index contributed by atoms with van der Waals surface area (Å²) in [6, 6.07) is 20.2. The maximum atomic E-state index is 11.9. The van der Waals surface area contributed by atoms with Crippen LogP contribution in [0.3, 0.4) is 0 Å². The second kappa shape index (κ2) is 7.29. The van der Waals surface area contributed by atoms with E-state index in [4.69, 9.17) is 0 Å². The number of nitrogens with zero attached hydrogens (tertiary/aromatic N) is 1. The first-order valence-corrected chi connectivity index (χ1v) is 6.79. The molecule has 0 spiro atoms. The van der Waals surface area contributed by atoms with E-state index in [2.05, 4.69) is 18.7 Å². The molecule has 0 aliphatic rings. The zero-order chi connectivity index (χ0) is 14.2. The smallest absolute Gasteiger partial charge is 0.246 e. The number of hydrogen-bond acceptors (Lipinski definition) is 1. The van der Waals surface area contributed by atoms with Crippen molar-refractivity contribution in [2.75, 3.05) is 6.54 Å². The van der Waals surface area contributed by atoms with E-state index >= 15 is 0 Å². The van der Waals surface area contributed by atoms with Crippen LogP contribution in [0, 0.1) is 0 Å². The van der Waals surface area contributed by atoms with Crippen LogP contribution in [-0.2, 0) is 17.8 Å². The highest BCUT2D eigenvalue weighted by molar-refractivity contribution is 5.86. The Morgan fingerprint density at radius 3 is 2.05 bits per heavy atom. The molecule has 0 fully saturated rings. The van der Waals surface area contributed by atoms with Gasteiger partial charge in [0.25, 0.3) is 0 Å². The number of amides is 1. The summed E-state index contributed by atoms with van der Waals surface area (Å²) in [5, 5.41) is 0. The zero-order valence-electron chi connectivity index (χ0n) is 11.5. The summed E-state index contributed by atoms with van der Waals surface area (Å²) in [5.74, 6) is -0.0233. The molecule has 0 aliphatic carbocycles. The molecule has 2 aromatic rings. The van der Waals surface area contributed by atoms with Crippen LogP contribution in [0.25, 0.3) is 0 Å². The van der Waals surface area contributed by atoms with Crippen molar-refractivity contribution in [3.63, 3.8) is 0 Å². The summed E-state index contributed by atoms with van der Waals surface area (Å²) in [4.78, 5) is 13.8. The molecule has 1 amide bonds. The summed E-state index contributed by atoms with van der Waals surface area (Å²) < 4.78 is 0. The second-order valence-electron chi connectivity index (χ2n) is 4.69. The Balaban J connectivity index is 2.01. The van der Waals surface area contributed by atoms with E-state index in [0.717, 1.165) is 12.0 Å². The highest BCUT2D eigenvalue weighted by Crippen LogP contribution is 2.08. The Morgan fingerprint density at radius 1 is 0.950 bits per heavy atom. The summed E-state index contributed by atoms with van der Waals surface area (Å²) in [6.45, 7) is 4.91. The number of carbonyl (C=O) groups excluding carboxylic acids is 1. The maximum Gasteiger partial charge on any atom is 0.246 e. The Kier molecular flexibility index (Phi) is 5.13. The van der Waals surface area contributed by atoms with Crippen LogP contribution in [0.4, 0.5) is 0 Å². The predicted octanol–water partition coefficient (Wildman–Crippen LogP) is 3.44. The van der Waals surface area contributed by atoms with E-state index in [1.807, 2.05) is 53.4 Å². The van der Waals surface area contributed by atoms with Gasteiger partial charge < -0.3 is 4.90 Å². The largest absolute Gasteiger partial charge is 0.335 e. The molecule has 0 bridgehead atoms. The summed E-state index contributed by atoms with van der Waals surface area (Å²) >= 11 is 0. The van der Waals surface area contributed by atoms with Crippen LogP contribution in [0.5, 0.6) is 0 Å². The molecule has 2 rings (SSSR count). The number of benzene rings is 2. The van der Waals surface area contributed by atoms with Crippen molar-refractivity contribution in [2.24, 2.45) is 0 Å². The minimum Gasteiger partial charge on any atom is -0.335 e. The Labute approximate surface area is 120 Å². The van der Waals surface area contributed by atoms with Crippen molar-refractivity contribution in [3.8, 4) is 0 Å². The molecule has 20 heavy (non-hydrogen) atoms. The third-order valence-electron chi connectivity index (χ3n) is 3.22. The molecule has 0 radical (unpaired) electrons. The van der Waals surface area contributed by atoms with Gasteiger partial charge in [0, 0.05) is 13.1 Å². The molecular weight excluding hydrogens is 246 g/mol. The van der Waals surface area contributed by atoms with Crippen LogP contribution >= 0.6 is 0 Å². The minimum absolute atomic E-state index is 0.0233. The molecule has 2 heteroatoms. The average molecular weight is 265 g/mol. The van der Waals surface area contributed by atoms with Gasteiger partial charge in [-0.15, -0.1) is 0 Å². The standard InChI is InChI=1S/C18H19NO/c1-2-18(20)19(15-17-11-7-4-8-12-17)14-13-16-9-5-3-6-10-16/h2-12H,1,13-15H2. The molecular formula is C18H19NO. The highest BCUT2D eigenvalue weighted by Gasteiger charge is 2.10. The normalized spacial score (nSPS) is 10.0. The molecule has 0 saturated carbocycles. The molecule has 2 nitrogen and oxygen atoms in total. The van der Waals surface area contributed by atoms with Gasteiger partial charge >= 0.3 is 0 Å². The van der Waals surface area contributed by atoms with Crippen molar-refractivity contribution in [3.05, 3.63) is 84.4 Å². The number of rotatable bonds is 6. The second-order valence-corrected chi connectivity index (χ2v) is 4.69. The van der Waals surface area contributed by atoms with Crippen molar-refractivity contribution in [1.29, 1.82) is 0 Å². The van der Waals surface area contributed by atoms with Crippen LogP contribution in [0.15, 0.2) is 73.3 Å². The van der Waals surface area contributed by atoms with Crippen LogP contribution < -0.4 is 0 Å². The van der Waals surface area contributed by atoms with Gasteiger partial charge in [-0.1, -0.05) is 67.2 Å². The van der Waals surface area contributed by atoms with E-state index in [0.29, 0.717) is 13.1 Å². The SMILES string of the molecule is C=CC(=O)N(CCc1ccccc1)Cc1ccccc1. The van der Waals surface area contributed by atoms with Crippen molar-refractivity contribution in [2.45, 2.75) is 13.0 Å². The van der Waals surface area contributed by atoms with Crippen molar-refractivity contribution in [1.82, 2.24) is 4.90 Å². The summed E-state index contributed by atoms with van der Waals surface area (Å²) in [7, 11) is 0.